The molecule has 2 amide bonds. The van der Waals surface area contributed by atoms with Gasteiger partial charge < -0.3 is 9.80 Å². The van der Waals surface area contributed by atoms with Gasteiger partial charge in [-0.15, -0.1) is 0 Å². The van der Waals surface area contributed by atoms with Gasteiger partial charge >= 0.3 is 0 Å². The molecule has 1 saturated heterocycles. The predicted molar refractivity (Wildman–Crippen MR) is 110 cm³/mol. The molecule has 1 aromatic carbocycles. The molecule has 2 atom stereocenters. The van der Waals surface area contributed by atoms with Gasteiger partial charge in [-0.05, 0) is 37.8 Å². The molecule has 5 heteroatoms. The highest BCUT2D eigenvalue weighted by Gasteiger charge is 2.40. The molecular formula is C23H29N3O2. The quantitative estimate of drug-likeness (QED) is 0.756. The third kappa shape index (κ3) is 3.75. The molecule has 148 valence electrons. The number of carbonyl (C=O) groups is 2. The van der Waals surface area contributed by atoms with Crippen LogP contribution in [0.1, 0.15) is 55.4 Å². The third-order valence-electron chi connectivity index (χ3n) is 6.29. The van der Waals surface area contributed by atoms with Crippen molar-refractivity contribution in [2.24, 2.45) is 5.92 Å². The molecule has 2 fully saturated rings. The van der Waals surface area contributed by atoms with E-state index in [4.69, 9.17) is 0 Å². The molecule has 0 N–H and O–H groups in total. The van der Waals surface area contributed by atoms with Crippen molar-refractivity contribution in [1.82, 2.24) is 14.8 Å². The van der Waals surface area contributed by atoms with Crippen LogP contribution in [0.5, 0.6) is 0 Å². The van der Waals surface area contributed by atoms with Crippen molar-refractivity contribution in [3.63, 3.8) is 0 Å². The summed E-state index contributed by atoms with van der Waals surface area (Å²) in [6, 6.07) is 11.7. The van der Waals surface area contributed by atoms with Crippen LogP contribution in [0.15, 0.2) is 36.4 Å². The summed E-state index contributed by atoms with van der Waals surface area (Å²) < 4.78 is 0. The molecule has 2 heterocycles. The Bertz CT molecular complexity index is 866. The summed E-state index contributed by atoms with van der Waals surface area (Å²) in [7, 11) is 1.91. The minimum Gasteiger partial charge on any atom is -0.345 e. The number of benzene rings is 1. The molecule has 28 heavy (non-hydrogen) atoms. The number of amides is 2. The van der Waals surface area contributed by atoms with Crippen LogP contribution in [0, 0.1) is 5.92 Å². The van der Waals surface area contributed by atoms with Crippen molar-refractivity contribution in [2.45, 2.75) is 51.0 Å². The van der Waals surface area contributed by atoms with E-state index in [1.54, 1.807) is 0 Å². The summed E-state index contributed by atoms with van der Waals surface area (Å²) in [4.78, 5) is 34.9. The SMILES string of the molecule is CN1CCCCCCN(C(=O)c2ccc3ccccc3n2)C2CCCC2C1=O. The van der Waals surface area contributed by atoms with Gasteiger partial charge in [0.1, 0.15) is 5.69 Å². The monoisotopic (exact) mass is 379 g/mol. The van der Waals surface area contributed by atoms with Crippen LogP contribution in [-0.4, -0.2) is 52.8 Å². The zero-order valence-electron chi connectivity index (χ0n) is 16.6. The van der Waals surface area contributed by atoms with Crippen LogP contribution in [0.2, 0.25) is 0 Å². The van der Waals surface area contributed by atoms with Crippen LogP contribution in [0.3, 0.4) is 0 Å². The maximum atomic E-state index is 13.5. The number of hydrogen-bond donors (Lipinski definition) is 0. The first-order valence-electron chi connectivity index (χ1n) is 10.6. The van der Waals surface area contributed by atoms with Crippen LogP contribution in [-0.2, 0) is 4.79 Å². The number of fused-ring (bicyclic) bond motifs is 2. The predicted octanol–water partition coefficient (Wildman–Crippen LogP) is 3.88. The highest BCUT2D eigenvalue weighted by Crippen LogP contribution is 2.33. The molecule has 0 bridgehead atoms. The lowest BCUT2D eigenvalue weighted by Crippen LogP contribution is -2.47. The van der Waals surface area contributed by atoms with E-state index in [0.29, 0.717) is 12.2 Å². The van der Waals surface area contributed by atoms with Crippen molar-refractivity contribution in [1.29, 1.82) is 0 Å². The highest BCUT2D eigenvalue weighted by molar-refractivity contribution is 5.95. The van der Waals surface area contributed by atoms with Crippen molar-refractivity contribution < 1.29 is 9.59 Å². The Hall–Kier alpha value is -2.43. The van der Waals surface area contributed by atoms with Gasteiger partial charge in [0, 0.05) is 31.6 Å². The van der Waals surface area contributed by atoms with Gasteiger partial charge in [0.25, 0.3) is 5.91 Å². The maximum Gasteiger partial charge on any atom is 0.272 e. The Morgan fingerprint density at radius 2 is 1.75 bits per heavy atom. The van der Waals surface area contributed by atoms with Crippen LogP contribution in [0.4, 0.5) is 0 Å². The van der Waals surface area contributed by atoms with Gasteiger partial charge in [0.2, 0.25) is 5.91 Å². The number of pyridine rings is 1. The van der Waals surface area contributed by atoms with E-state index < -0.39 is 0 Å². The van der Waals surface area contributed by atoms with Gasteiger partial charge in [0.15, 0.2) is 0 Å². The fourth-order valence-corrected chi connectivity index (χ4v) is 4.73. The van der Waals surface area contributed by atoms with E-state index in [-0.39, 0.29) is 23.8 Å². The second kappa shape index (κ2) is 8.29. The molecule has 2 aromatic rings. The van der Waals surface area contributed by atoms with E-state index in [2.05, 4.69) is 4.98 Å². The van der Waals surface area contributed by atoms with E-state index in [1.165, 1.54) is 0 Å². The Morgan fingerprint density at radius 3 is 2.61 bits per heavy atom. The van der Waals surface area contributed by atoms with Crippen molar-refractivity contribution in [2.75, 3.05) is 20.1 Å². The number of hydrogen-bond acceptors (Lipinski definition) is 3. The zero-order valence-corrected chi connectivity index (χ0v) is 16.6. The normalized spacial score (nSPS) is 24.1. The molecule has 4 rings (SSSR count). The van der Waals surface area contributed by atoms with Crippen LogP contribution < -0.4 is 0 Å². The average molecular weight is 380 g/mol. The van der Waals surface area contributed by atoms with Crippen LogP contribution >= 0.6 is 0 Å². The zero-order chi connectivity index (χ0) is 19.5. The van der Waals surface area contributed by atoms with E-state index in [1.807, 2.05) is 53.2 Å². The van der Waals surface area contributed by atoms with Crippen molar-refractivity contribution in [3.8, 4) is 0 Å². The molecule has 1 aromatic heterocycles. The van der Waals surface area contributed by atoms with Gasteiger partial charge in [-0.25, -0.2) is 4.98 Å². The molecular weight excluding hydrogens is 350 g/mol. The summed E-state index contributed by atoms with van der Waals surface area (Å²) in [6.45, 7) is 1.54. The van der Waals surface area contributed by atoms with Gasteiger partial charge in [0.05, 0.1) is 11.4 Å². The van der Waals surface area contributed by atoms with E-state index >= 15 is 0 Å². The number of aromatic nitrogens is 1. The van der Waals surface area contributed by atoms with Crippen molar-refractivity contribution in [3.05, 3.63) is 42.1 Å². The second-order valence-electron chi connectivity index (χ2n) is 8.17. The second-order valence-corrected chi connectivity index (χ2v) is 8.17. The maximum absolute atomic E-state index is 13.5. The molecule has 1 aliphatic carbocycles. The molecule has 2 unspecified atom stereocenters. The Labute approximate surface area is 166 Å². The molecule has 0 radical (unpaired) electrons. The first-order valence-corrected chi connectivity index (χ1v) is 10.6. The molecule has 1 aliphatic heterocycles. The summed E-state index contributed by atoms with van der Waals surface area (Å²) in [6.07, 6.45) is 7.01. The first kappa shape index (κ1) is 18.9. The lowest BCUT2D eigenvalue weighted by Gasteiger charge is -2.33. The van der Waals surface area contributed by atoms with Gasteiger partial charge in [-0.1, -0.05) is 43.5 Å². The summed E-state index contributed by atoms with van der Waals surface area (Å²) in [5.74, 6) is 0.0959. The minimum absolute atomic E-state index is 0.00572. The molecule has 1 saturated carbocycles. The van der Waals surface area contributed by atoms with E-state index in [9.17, 15) is 9.59 Å². The Kier molecular flexibility index (Phi) is 5.60. The summed E-state index contributed by atoms with van der Waals surface area (Å²) in [5, 5.41) is 1.03. The fourth-order valence-electron chi connectivity index (χ4n) is 4.73. The molecule has 2 aliphatic rings. The van der Waals surface area contributed by atoms with Gasteiger partial charge in [-0.2, -0.15) is 0 Å². The minimum atomic E-state index is -0.0764. The fraction of sp³-hybridized carbons (Fsp3) is 0.522. The highest BCUT2D eigenvalue weighted by atomic mass is 16.2. The lowest BCUT2D eigenvalue weighted by atomic mass is 9.99. The number of carbonyl (C=O) groups excluding carboxylic acids is 2. The third-order valence-corrected chi connectivity index (χ3v) is 6.29. The standard InChI is InChI=1S/C23H29N3O2/c1-25-15-6-2-3-7-16-26(21-12-8-10-18(21)22(25)27)23(28)20-14-13-17-9-4-5-11-19(17)24-20/h4-5,9,11,13-14,18,21H,2-3,6-8,10,12,15-16H2,1H3. The summed E-state index contributed by atoms with van der Waals surface area (Å²) in [5.41, 5.74) is 1.32. The van der Waals surface area contributed by atoms with Crippen LogP contribution in [0.25, 0.3) is 10.9 Å². The summed E-state index contributed by atoms with van der Waals surface area (Å²) >= 11 is 0. The van der Waals surface area contributed by atoms with Crippen molar-refractivity contribution >= 4 is 22.7 Å². The Balaban J connectivity index is 1.65. The van der Waals surface area contributed by atoms with Gasteiger partial charge in [-0.3, -0.25) is 9.59 Å². The lowest BCUT2D eigenvalue weighted by molar-refractivity contribution is -0.135. The number of para-hydroxylation sites is 1. The average Bonchev–Trinajstić information content (AvgIpc) is 3.20. The smallest absolute Gasteiger partial charge is 0.272 e. The first-order chi connectivity index (χ1) is 13.6. The van der Waals surface area contributed by atoms with E-state index in [0.717, 1.165) is 62.4 Å². The largest absolute Gasteiger partial charge is 0.345 e. The topological polar surface area (TPSA) is 53.5 Å². The number of rotatable bonds is 1. The molecule has 0 spiro atoms. The number of nitrogens with zero attached hydrogens (tertiary/aromatic N) is 3. The molecule has 5 nitrogen and oxygen atoms in total. The Morgan fingerprint density at radius 1 is 0.964 bits per heavy atom.